The molecule has 2 aromatic carbocycles. The molecule has 0 aromatic heterocycles. The second kappa shape index (κ2) is 8.99. The zero-order valence-corrected chi connectivity index (χ0v) is 20.7. The maximum atomic E-state index is 14.2. The van der Waals surface area contributed by atoms with Crippen LogP contribution in [0, 0.1) is 5.82 Å². The maximum absolute atomic E-state index is 14.2. The first-order valence-electron chi connectivity index (χ1n) is 10.9. The Labute approximate surface area is 203 Å². The van der Waals surface area contributed by atoms with Gasteiger partial charge >= 0.3 is 0 Å². The van der Waals surface area contributed by atoms with Crippen molar-refractivity contribution in [3.63, 3.8) is 0 Å². The number of thioether (sulfide) groups is 1. The van der Waals surface area contributed by atoms with Gasteiger partial charge in [-0.15, -0.1) is 0 Å². The number of halogens is 2. The van der Waals surface area contributed by atoms with Crippen LogP contribution in [0.3, 0.4) is 0 Å². The highest BCUT2D eigenvalue weighted by Crippen LogP contribution is 2.40. The summed E-state index contributed by atoms with van der Waals surface area (Å²) in [7, 11) is 0. The average Bonchev–Trinajstić information content (AvgIpc) is 3.00. The number of hydrogen-bond donors (Lipinski definition) is 0. The zero-order valence-electron chi connectivity index (χ0n) is 19.1. The number of imide groups is 1. The number of allylic oxidation sites excluding steroid dienone is 1. The van der Waals surface area contributed by atoms with Gasteiger partial charge < -0.3 is 4.90 Å². The second-order valence-electron chi connectivity index (χ2n) is 8.88. The van der Waals surface area contributed by atoms with Crippen LogP contribution in [0.15, 0.2) is 47.4 Å². The molecule has 7 heteroatoms. The van der Waals surface area contributed by atoms with Gasteiger partial charge in [-0.25, -0.2) is 4.39 Å². The Morgan fingerprint density at radius 1 is 1.18 bits per heavy atom. The lowest BCUT2D eigenvalue weighted by molar-refractivity contribution is -0.123. The molecule has 0 unspecified atom stereocenters. The molecule has 2 aromatic rings. The van der Waals surface area contributed by atoms with Crippen molar-refractivity contribution < 1.29 is 14.0 Å². The molecule has 0 bridgehead atoms. The van der Waals surface area contributed by atoms with Crippen molar-refractivity contribution in [1.29, 1.82) is 0 Å². The smallest absolute Gasteiger partial charge is 0.293 e. The molecule has 172 valence electrons. The van der Waals surface area contributed by atoms with E-state index < -0.39 is 17.0 Å². The van der Waals surface area contributed by atoms with Crippen molar-refractivity contribution in [2.75, 3.05) is 11.4 Å². The van der Waals surface area contributed by atoms with Gasteiger partial charge in [-0.3, -0.25) is 14.5 Å². The van der Waals surface area contributed by atoms with Gasteiger partial charge in [-0.1, -0.05) is 36.7 Å². The molecule has 0 atom stereocenters. The summed E-state index contributed by atoms with van der Waals surface area (Å²) in [6, 6.07) is 10.4. The number of hydrogen-bond acceptors (Lipinski definition) is 4. The summed E-state index contributed by atoms with van der Waals surface area (Å²) in [4.78, 5) is 29.2. The third-order valence-electron chi connectivity index (χ3n) is 6.00. The Morgan fingerprint density at radius 2 is 1.94 bits per heavy atom. The summed E-state index contributed by atoms with van der Waals surface area (Å²) in [6.45, 7) is 9.43. The van der Waals surface area contributed by atoms with Crippen LogP contribution in [0.25, 0.3) is 11.6 Å². The number of amides is 2. The van der Waals surface area contributed by atoms with Crippen LogP contribution >= 0.6 is 23.4 Å². The van der Waals surface area contributed by atoms with Crippen molar-refractivity contribution in [3.05, 3.63) is 74.9 Å². The maximum Gasteiger partial charge on any atom is 0.293 e. The number of fused-ring (bicyclic) bond motifs is 1. The van der Waals surface area contributed by atoms with E-state index in [1.165, 1.54) is 23.4 Å². The Balaban J connectivity index is 1.63. The van der Waals surface area contributed by atoms with Crippen LogP contribution in [0.1, 0.15) is 50.8 Å². The van der Waals surface area contributed by atoms with E-state index in [4.69, 9.17) is 11.6 Å². The van der Waals surface area contributed by atoms with E-state index >= 15 is 0 Å². The van der Waals surface area contributed by atoms with Gasteiger partial charge in [0, 0.05) is 28.4 Å². The van der Waals surface area contributed by atoms with Gasteiger partial charge in [-0.2, -0.15) is 0 Å². The highest BCUT2D eigenvalue weighted by atomic mass is 35.5. The first-order chi connectivity index (χ1) is 15.6. The Kier molecular flexibility index (Phi) is 6.43. The third-order valence-corrected chi connectivity index (χ3v) is 7.26. The number of carbonyl (C=O) groups excluding carboxylic acids is 2. The number of rotatable bonds is 5. The van der Waals surface area contributed by atoms with Crippen LogP contribution in [0.2, 0.25) is 5.02 Å². The standard InChI is InChI=1S/C26H26ClFN2O2S/c1-5-11-30-22-10-9-17(12-18(22)16(2)14-26(30,3)4)13-23-24(31)29(25(32)33-23)15-19-20(27)7-6-8-21(19)28/h6-10,12-14H,5,11,15H2,1-4H3/b23-13+. The number of nitrogens with zero attached hydrogens (tertiary/aromatic N) is 2. The molecule has 4 nitrogen and oxygen atoms in total. The van der Waals surface area contributed by atoms with Crippen LogP contribution < -0.4 is 4.90 Å². The fourth-order valence-electron chi connectivity index (χ4n) is 4.45. The minimum Gasteiger partial charge on any atom is -0.362 e. The molecule has 0 radical (unpaired) electrons. The van der Waals surface area contributed by atoms with Crippen molar-refractivity contribution in [2.45, 2.75) is 46.2 Å². The van der Waals surface area contributed by atoms with E-state index in [2.05, 4.69) is 50.8 Å². The lowest BCUT2D eigenvalue weighted by Crippen LogP contribution is -2.45. The number of benzene rings is 2. The molecule has 4 rings (SSSR count). The molecule has 2 aliphatic heterocycles. The van der Waals surface area contributed by atoms with Crippen LogP contribution in [0.4, 0.5) is 14.9 Å². The van der Waals surface area contributed by atoms with Crippen molar-refractivity contribution in [2.24, 2.45) is 0 Å². The van der Waals surface area contributed by atoms with Crippen LogP contribution in [0.5, 0.6) is 0 Å². The quantitative estimate of drug-likeness (QED) is 0.423. The minimum absolute atomic E-state index is 0.0781. The third kappa shape index (κ3) is 4.46. The van der Waals surface area contributed by atoms with E-state index in [9.17, 15) is 14.0 Å². The Bertz CT molecular complexity index is 1180. The highest BCUT2D eigenvalue weighted by molar-refractivity contribution is 8.18. The average molecular weight is 485 g/mol. The van der Waals surface area contributed by atoms with E-state index in [1.807, 2.05) is 6.07 Å². The summed E-state index contributed by atoms with van der Waals surface area (Å²) in [5, 5.41) is -0.245. The predicted octanol–water partition coefficient (Wildman–Crippen LogP) is 7.13. The molecule has 1 fully saturated rings. The molecule has 1 saturated heterocycles. The second-order valence-corrected chi connectivity index (χ2v) is 10.3. The molecule has 0 saturated carbocycles. The predicted molar refractivity (Wildman–Crippen MR) is 135 cm³/mol. The van der Waals surface area contributed by atoms with Gasteiger partial charge in [0.05, 0.1) is 17.0 Å². The Hall–Kier alpha value is -2.57. The molecular weight excluding hydrogens is 459 g/mol. The zero-order chi connectivity index (χ0) is 23.9. The van der Waals surface area contributed by atoms with Gasteiger partial charge in [0.2, 0.25) is 0 Å². The summed E-state index contributed by atoms with van der Waals surface area (Å²) >= 11 is 6.95. The number of anilines is 1. The van der Waals surface area contributed by atoms with E-state index in [0.717, 1.165) is 40.8 Å². The molecule has 0 aliphatic carbocycles. The van der Waals surface area contributed by atoms with E-state index in [1.54, 1.807) is 12.1 Å². The Morgan fingerprint density at radius 3 is 2.64 bits per heavy atom. The molecule has 0 spiro atoms. The monoisotopic (exact) mass is 484 g/mol. The van der Waals surface area contributed by atoms with Crippen molar-refractivity contribution in [3.8, 4) is 0 Å². The lowest BCUT2D eigenvalue weighted by Gasteiger charge is -2.43. The molecule has 2 aliphatic rings. The normalized spacial score (nSPS) is 18.7. The highest BCUT2D eigenvalue weighted by Gasteiger charge is 2.36. The molecular formula is C26H26ClFN2O2S. The van der Waals surface area contributed by atoms with Gasteiger partial charge in [0.15, 0.2) is 0 Å². The van der Waals surface area contributed by atoms with Crippen LogP contribution in [-0.2, 0) is 11.3 Å². The van der Waals surface area contributed by atoms with Gasteiger partial charge in [0.25, 0.3) is 11.1 Å². The largest absolute Gasteiger partial charge is 0.362 e. The topological polar surface area (TPSA) is 40.6 Å². The summed E-state index contributed by atoms with van der Waals surface area (Å²) in [6.07, 6.45) is 5.03. The molecule has 2 amide bonds. The lowest BCUT2D eigenvalue weighted by atomic mass is 9.88. The first-order valence-corrected chi connectivity index (χ1v) is 12.1. The van der Waals surface area contributed by atoms with Crippen LogP contribution in [-0.4, -0.2) is 28.1 Å². The van der Waals surface area contributed by atoms with E-state index in [-0.39, 0.29) is 22.7 Å². The fourth-order valence-corrected chi connectivity index (χ4v) is 5.51. The first kappa shape index (κ1) is 23.6. The number of carbonyl (C=O) groups is 2. The molecule has 2 heterocycles. The van der Waals surface area contributed by atoms with Crippen molar-refractivity contribution >= 4 is 51.8 Å². The summed E-state index contributed by atoms with van der Waals surface area (Å²) < 4.78 is 14.2. The van der Waals surface area contributed by atoms with Crippen molar-refractivity contribution in [1.82, 2.24) is 4.90 Å². The minimum atomic E-state index is -0.540. The molecule has 33 heavy (non-hydrogen) atoms. The molecule has 0 N–H and O–H groups in total. The fraction of sp³-hybridized carbons (Fsp3) is 0.308. The van der Waals surface area contributed by atoms with Gasteiger partial charge in [0.1, 0.15) is 5.82 Å². The van der Waals surface area contributed by atoms with Gasteiger partial charge in [-0.05, 0) is 80.4 Å². The summed E-state index contributed by atoms with van der Waals surface area (Å²) in [5.41, 5.74) is 4.36. The van der Waals surface area contributed by atoms with E-state index in [0.29, 0.717) is 4.91 Å². The SMILES string of the molecule is CCCN1c2ccc(/C=C3/SC(=O)N(Cc4c(F)cccc4Cl)C3=O)cc2C(C)=CC1(C)C. The summed E-state index contributed by atoms with van der Waals surface area (Å²) in [5.74, 6) is -0.981.